The van der Waals surface area contributed by atoms with Gasteiger partial charge >= 0.3 is 65.4 Å². The Labute approximate surface area is 207 Å². The van der Waals surface area contributed by atoms with Gasteiger partial charge in [0.1, 0.15) is 0 Å². The maximum Gasteiger partial charge on any atom is 0.460 e. The topological polar surface area (TPSA) is 37.3 Å². The van der Waals surface area contributed by atoms with Crippen molar-refractivity contribution in [1.29, 1.82) is 0 Å². The number of rotatable bonds is 13. The van der Waals surface area contributed by atoms with Gasteiger partial charge in [0.2, 0.25) is 0 Å². The third-order valence-electron chi connectivity index (χ3n) is 5.17. The van der Waals surface area contributed by atoms with E-state index in [0.717, 1.165) is 0 Å². The van der Waals surface area contributed by atoms with Crippen LogP contribution in [0, 0.1) is 0 Å². The molecule has 240 valence electrons. The number of carboxylic acid groups (broad SMARTS) is 1. The number of hydrogen-bond donors (Lipinski definition) is 1. The molecule has 0 aromatic rings. The molecule has 40 heavy (non-hydrogen) atoms. The lowest BCUT2D eigenvalue weighted by Gasteiger charge is -2.44. The highest BCUT2D eigenvalue weighted by Crippen LogP contribution is 2.66. The molecular formula is C16H13F21NO2+. The number of halogens is 21. The van der Waals surface area contributed by atoms with Crippen LogP contribution in [0.2, 0.25) is 0 Å². The van der Waals surface area contributed by atoms with E-state index < -0.39 is 89.4 Å². The molecule has 0 atom stereocenters. The fraction of sp³-hybridized carbons (Fsp3) is 0.938. The van der Waals surface area contributed by atoms with Gasteiger partial charge in [0.05, 0.1) is 27.1 Å². The van der Waals surface area contributed by atoms with Gasteiger partial charge in [-0.15, -0.1) is 0 Å². The highest BCUT2D eigenvalue weighted by molar-refractivity contribution is 5.67. The quantitative estimate of drug-likeness (QED) is 0.176. The molecule has 0 radical (unpaired) electrons. The lowest BCUT2D eigenvalue weighted by Crippen LogP contribution is -2.76. The van der Waals surface area contributed by atoms with E-state index in [-0.39, 0.29) is 0 Å². The monoisotopic (exact) mass is 650 g/mol. The minimum atomic E-state index is -9.21. The zero-order valence-corrected chi connectivity index (χ0v) is 18.9. The summed E-state index contributed by atoms with van der Waals surface area (Å²) in [5.74, 6) is -79.2. The molecule has 0 aromatic carbocycles. The number of hydrogen-bond acceptors (Lipinski definition) is 1. The van der Waals surface area contributed by atoms with E-state index in [1.165, 1.54) is 0 Å². The standard InChI is InChI=1S/C16H12F21NO2/c1-38(2,5-6(39)40)4-3-7(17,18)8(19,20)9(21,22)10(23,24)11(25,26)12(27,28)13(29,30)14(31,32)15(33,34)16(35,36)37/h3-5H2,1-2H3/p+1. The number of aliphatic carboxylic acids is 1. The molecule has 0 saturated heterocycles. The molecule has 1 N–H and O–H groups in total. The summed E-state index contributed by atoms with van der Waals surface area (Å²) in [4.78, 5) is 10.6. The number of likely N-dealkylation sites (N-methyl/N-ethyl adjacent to an activating group) is 1. The summed E-state index contributed by atoms with van der Waals surface area (Å²) in [6.45, 7) is -2.98. The van der Waals surface area contributed by atoms with Gasteiger partial charge in [-0.3, -0.25) is 0 Å². The number of quaternary nitrogens is 1. The summed E-state index contributed by atoms with van der Waals surface area (Å²) in [7, 11) is 1.23. The summed E-state index contributed by atoms with van der Waals surface area (Å²) in [5, 5.41) is 8.51. The fourth-order valence-corrected chi connectivity index (χ4v) is 2.64. The summed E-state index contributed by atoms with van der Waals surface area (Å²) >= 11 is 0. The Morgan fingerprint density at radius 2 is 0.750 bits per heavy atom. The van der Waals surface area contributed by atoms with Crippen molar-refractivity contribution in [1.82, 2.24) is 0 Å². The zero-order chi connectivity index (χ0) is 33.2. The van der Waals surface area contributed by atoms with Crippen LogP contribution in [0.3, 0.4) is 0 Å². The molecule has 0 heterocycles. The summed E-state index contributed by atoms with van der Waals surface area (Å²) in [6, 6.07) is 0. The SMILES string of the molecule is C[N+](C)(CCC(F)(F)C(F)(F)C(F)(F)C(F)(F)C(F)(F)C(F)(F)C(F)(F)C(F)(F)C(F)(F)C(F)(F)F)CC(=O)O. The van der Waals surface area contributed by atoms with Crippen LogP contribution >= 0.6 is 0 Å². The molecule has 0 saturated carbocycles. The number of carboxylic acids is 1. The highest BCUT2D eigenvalue weighted by atomic mass is 19.4. The maximum absolute atomic E-state index is 13.8. The highest BCUT2D eigenvalue weighted by Gasteiger charge is 2.97. The van der Waals surface area contributed by atoms with Crippen molar-refractivity contribution in [2.45, 2.75) is 65.9 Å². The van der Waals surface area contributed by atoms with Gasteiger partial charge in [-0.1, -0.05) is 0 Å². The van der Waals surface area contributed by atoms with Crippen molar-refractivity contribution >= 4 is 5.97 Å². The van der Waals surface area contributed by atoms with Gasteiger partial charge in [0.25, 0.3) is 0 Å². The first-order chi connectivity index (χ1) is 16.9. The van der Waals surface area contributed by atoms with Gasteiger partial charge in [-0.25, -0.2) is 4.79 Å². The third-order valence-corrected chi connectivity index (χ3v) is 5.17. The van der Waals surface area contributed by atoms with E-state index >= 15 is 0 Å². The predicted octanol–water partition coefficient (Wildman–Crippen LogP) is 6.82. The first kappa shape index (κ1) is 38.0. The lowest BCUT2D eigenvalue weighted by atomic mass is 9.86. The van der Waals surface area contributed by atoms with Crippen molar-refractivity contribution in [2.75, 3.05) is 27.2 Å². The van der Waals surface area contributed by atoms with Crippen LogP contribution in [-0.4, -0.2) is 102 Å². The second-order valence-corrected chi connectivity index (χ2v) is 8.76. The van der Waals surface area contributed by atoms with Gasteiger partial charge in [0.15, 0.2) is 6.54 Å². The Hall–Kier alpha value is -2.04. The molecule has 0 unspecified atom stereocenters. The zero-order valence-electron chi connectivity index (χ0n) is 18.9. The van der Waals surface area contributed by atoms with E-state index in [2.05, 4.69) is 0 Å². The Morgan fingerprint density at radius 1 is 0.500 bits per heavy atom. The van der Waals surface area contributed by atoms with Gasteiger partial charge in [-0.2, -0.15) is 92.2 Å². The first-order valence-electron chi connectivity index (χ1n) is 9.38. The molecule has 0 fully saturated rings. The summed E-state index contributed by atoms with van der Waals surface area (Å²) in [5.41, 5.74) is 0. The smallest absolute Gasteiger partial charge is 0.460 e. The van der Waals surface area contributed by atoms with Crippen LogP contribution < -0.4 is 0 Å². The molecule has 0 aliphatic carbocycles. The lowest BCUT2D eigenvalue weighted by molar-refractivity contribution is -0.884. The molecule has 0 spiro atoms. The first-order valence-corrected chi connectivity index (χ1v) is 9.38. The summed E-state index contributed by atoms with van der Waals surface area (Å²) < 4.78 is 278. The van der Waals surface area contributed by atoms with E-state index in [1.807, 2.05) is 0 Å². The van der Waals surface area contributed by atoms with E-state index in [9.17, 15) is 97.0 Å². The molecule has 0 rings (SSSR count). The molecule has 24 heteroatoms. The third kappa shape index (κ3) is 5.31. The predicted molar refractivity (Wildman–Crippen MR) is 84.7 cm³/mol. The van der Waals surface area contributed by atoms with Crippen LogP contribution in [0.5, 0.6) is 0 Å². The van der Waals surface area contributed by atoms with E-state index in [1.54, 1.807) is 0 Å². The Balaban J connectivity index is 6.87. The molecule has 0 bridgehead atoms. The average molecular weight is 650 g/mol. The molecule has 0 aliphatic rings. The van der Waals surface area contributed by atoms with Crippen LogP contribution in [-0.2, 0) is 4.79 Å². The Kier molecular flexibility index (Phi) is 9.27. The number of nitrogens with zero attached hydrogens (tertiary/aromatic N) is 1. The van der Waals surface area contributed by atoms with E-state index in [4.69, 9.17) is 5.11 Å². The molecule has 0 aliphatic heterocycles. The van der Waals surface area contributed by atoms with Crippen molar-refractivity contribution in [3.8, 4) is 0 Å². The molecule has 0 amide bonds. The van der Waals surface area contributed by atoms with Crippen LogP contribution in [0.1, 0.15) is 6.42 Å². The van der Waals surface area contributed by atoms with Gasteiger partial charge in [0, 0.05) is 0 Å². The minimum Gasteiger partial charge on any atom is -0.477 e. The number of carbonyl (C=O) groups is 1. The molecule has 0 aromatic heterocycles. The average Bonchev–Trinajstić information content (AvgIpc) is 2.69. The fourth-order valence-electron chi connectivity index (χ4n) is 2.64. The Morgan fingerprint density at radius 3 is 1.00 bits per heavy atom. The van der Waals surface area contributed by atoms with Crippen molar-refractivity contribution in [3.05, 3.63) is 0 Å². The van der Waals surface area contributed by atoms with E-state index in [0.29, 0.717) is 14.1 Å². The van der Waals surface area contributed by atoms with Crippen LogP contribution in [0.25, 0.3) is 0 Å². The van der Waals surface area contributed by atoms with Gasteiger partial charge in [-0.05, 0) is 0 Å². The normalized spacial score (nSPS) is 16.4. The van der Waals surface area contributed by atoms with Crippen LogP contribution in [0.4, 0.5) is 92.2 Å². The minimum absolute atomic E-state index is 0.614. The van der Waals surface area contributed by atoms with Crippen molar-refractivity contribution < 1.29 is 107 Å². The van der Waals surface area contributed by atoms with Crippen molar-refractivity contribution in [2.24, 2.45) is 0 Å². The van der Waals surface area contributed by atoms with Gasteiger partial charge < -0.3 is 9.59 Å². The number of alkyl halides is 21. The summed E-state index contributed by atoms with van der Waals surface area (Å²) in [6.07, 6.45) is -10.9. The largest absolute Gasteiger partial charge is 0.477 e. The maximum atomic E-state index is 13.8. The second kappa shape index (κ2) is 9.76. The molecular weight excluding hydrogens is 637 g/mol. The van der Waals surface area contributed by atoms with Crippen LogP contribution in [0.15, 0.2) is 0 Å². The molecule has 3 nitrogen and oxygen atoms in total. The van der Waals surface area contributed by atoms with Crippen molar-refractivity contribution in [3.63, 3.8) is 0 Å². The Bertz CT molecular complexity index is 935. The second-order valence-electron chi connectivity index (χ2n) is 8.76.